The van der Waals surface area contributed by atoms with E-state index in [0.29, 0.717) is 28.1 Å². The average molecular weight is 357 g/mol. The van der Waals surface area contributed by atoms with Crippen molar-refractivity contribution in [3.8, 4) is 16.9 Å². The molecule has 130 valence electrons. The van der Waals surface area contributed by atoms with E-state index in [2.05, 4.69) is 20.1 Å². The minimum atomic E-state index is -4.42. The van der Waals surface area contributed by atoms with Gasteiger partial charge >= 0.3 is 6.18 Å². The first-order valence-corrected chi connectivity index (χ1v) is 7.50. The molecule has 0 spiro atoms. The van der Waals surface area contributed by atoms with Gasteiger partial charge in [0.25, 0.3) is 0 Å². The van der Waals surface area contributed by atoms with Crippen LogP contribution >= 0.6 is 0 Å². The van der Waals surface area contributed by atoms with Crippen molar-refractivity contribution in [2.24, 2.45) is 0 Å². The molecular formula is C17H10F3N5O. The molecule has 0 bridgehead atoms. The van der Waals surface area contributed by atoms with E-state index in [1.165, 1.54) is 41.5 Å². The van der Waals surface area contributed by atoms with E-state index in [1.54, 1.807) is 6.07 Å². The Kier molecular flexibility index (Phi) is 3.57. The Bertz CT molecular complexity index is 1150. The summed E-state index contributed by atoms with van der Waals surface area (Å²) < 4.78 is 39.7. The van der Waals surface area contributed by atoms with Gasteiger partial charge in [-0.05, 0) is 30.3 Å². The lowest BCUT2D eigenvalue weighted by Gasteiger charge is -2.07. The van der Waals surface area contributed by atoms with Gasteiger partial charge in [-0.1, -0.05) is 0 Å². The molecule has 1 N–H and O–H groups in total. The Morgan fingerprint density at radius 3 is 2.42 bits per heavy atom. The van der Waals surface area contributed by atoms with Gasteiger partial charge in [0.2, 0.25) is 5.56 Å². The molecule has 26 heavy (non-hydrogen) atoms. The van der Waals surface area contributed by atoms with E-state index in [1.807, 2.05) is 0 Å². The number of hydrogen-bond donors (Lipinski definition) is 1. The van der Waals surface area contributed by atoms with Crippen LogP contribution in [0.4, 0.5) is 13.2 Å². The Morgan fingerprint density at radius 2 is 1.73 bits per heavy atom. The van der Waals surface area contributed by atoms with Gasteiger partial charge in [0.05, 0.1) is 11.3 Å². The molecule has 0 atom stereocenters. The highest BCUT2D eigenvalue weighted by Crippen LogP contribution is 2.31. The van der Waals surface area contributed by atoms with Gasteiger partial charge in [0, 0.05) is 30.2 Å². The Balaban J connectivity index is 1.90. The van der Waals surface area contributed by atoms with Gasteiger partial charge in [-0.3, -0.25) is 4.79 Å². The molecule has 1 aromatic carbocycles. The summed E-state index contributed by atoms with van der Waals surface area (Å²) >= 11 is 0. The van der Waals surface area contributed by atoms with Gasteiger partial charge in [0.1, 0.15) is 11.2 Å². The normalized spacial score (nSPS) is 11.8. The van der Waals surface area contributed by atoms with Gasteiger partial charge < -0.3 is 4.98 Å². The van der Waals surface area contributed by atoms with Crippen LogP contribution in [-0.2, 0) is 6.18 Å². The first kappa shape index (κ1) is 16.0. The smallest absolute Gasteiger partial charge is 0.329 e. The van der Waals surface area contributed by atoms with Crippen molar-refractivity contribution in [2.45, 2.75) is 6.18 Å². The number of benzene rings is 1. The highest BCUT2D eigenvalue weighted by atomic mass is 19.4. The number of fused-ring (bicyclic) bond motifs is 1. The van der Waals surface area contributed by atoms with Crippen molar-refractivity contribution in [1.29, 1.82) is 0 Å². The first-order valence-electron chi connectivity index (χ1n) is 7.50. The number of rotatable bonds is 2. The zero-order valence-electron chi connectivity index (χ0n) is 13.0. The molecule has 0 saturated carbocycles. The van der Waals surface area contributed by atoms with Crippen LogP contribution < -0.4 is 5.56 Å². The van der Waals surface area contributed by atoms with E-state index in [4.69, 9.17) is 0 Å². The molecule has 0 aliphatic heterocycles. The monoisotopic (exact) mass is 357 g/mol. The summed E-state index contributed by atoms with van der Waals surface area (Å²) in [4.78, 5) is 22.6. The van der Waals surface area contributed by atoms with Gasteiger partial charge in [-0.25, -0.2) is 14.6 Å². The minimum Gasteiger partial charge on any atom is -0.329 e. The highest BCUT2D eigenvalue weighted by molar-refractivity contribution is 5.88. The molecule has 4 rings (SSSR count). The van der Waals surface area contributed by atoms with Crippen LogP contribution in [-0.4, -0.2) is 24.7 Å². The van der Waals surface area contributed by atoms with Crippen molar-refractivity contribution >= 4 is 11.2 Å². The molecule has 3 heterocycles. The Labute approximate surface area is 144 Å². The lowest BCUT2D eigenvalue weighted by molar-refractivity contribution is -0.137. The van der Waals surface area contributed by atoms with Crippen molar-refractivity contribution in [3.05, 3.63) is 70.9 Å². The van der Waals surface area contributed by atoms with E-state index in [9.17, 15) is 18.0 Å². The number of H-pyrrole nitrogens is 1. The van der Waals surface area contributed by atoms with Crippen LogP contribution in [0.2, 0.25) is 0 Å². The third kappa shape index (κ3) is 2.73. The van der Waals surface area contributed by atoms with Gasteiger partial charge in [-0.2, -0.15) is 18.3 Å². The second kappa shape index (κ2) is 5.80. The fraction of sp³-hybridized carbons (Fsp3) is 0.0588. The third-order valence-corrected chi connectivity index (χ3v) is 3.79. The molecule has 0 aliphatic rings. The van der Waals surface area contributed by atoms with Crippen LogP contribution in [0.5, 0.6) is 0 Å². The van der Waals surface area contributed by atoms with Crippen molar-refractivity contribution < 1.29 is 13.2 Å². The summed E-state index contributed by atoms with van der Waals surface area (Å²) in [7, 11) is 0. The van der Waals surface area contributed by atoms with Crippen LogP contribution in [0.15, 0.2) is 59.8 Å². The second-order valence-electron chi connectivity index (χ2n) is 5.48. The van der Waals surface area contributed by atoms with Gasteiger partial charge in [0.15, 0.2) is 5.65 Å². The van der Waals surface area contributed by atoms with Crippen LogP contribution in [0.3, 0.4) is 0 Å². The highest BCUT2D eigenvalue weighted by Gasteiger charge is 2.30. The predicted molar refractivity (Wildman–Crippen MR) is 87.7 cm³/mol. The molecule has 0 unspecified atom stereocenters. The number of hydrogen-bond acceptors (Lipinski definition) is 4. The number of nitrogens with zero attached hydrogens (tertiary/aromatic N) is 4. The fourth-order valence-electron chi connectivity index (χ4n) is 2.61. The largest absolute Gasteiger partial charge is 0.416 e. The molecule has 4 aromatic rings. The molecule has 3 aromatic heterocycles. The maximum atomic E-state index is 12.8. The fourth-order valence-corrected chi connectivity index (χ4v) is 2.61. The number of aromatic amines is 1. The first-order chi connectivity index (χ1) is 12.4. The number of halogens is 3. The number of aromatic nitrogens is 5. The maximum absolute atomic E-state index is 12.8. The van der Waals surface area contributed by atoms with Crippen LogP contribution in [0.1, 0.15) is 5.56 Å². The molecular weight excluding hydrogens is 347 g/mol. The SMILES string of the molecule is O=c1cc(-c2nn(-c3ccc(C(F)(F)F)cc3)c3nccnc23)cc[nH]1. The molecule has 6 nitrogen and oxygen atoms in total. The quantitative estimate of drug-likeness (QED) is 0.598. The molecule has 0 radical (unpaired) electrons. The summed E-state index contributed by atoms with van der Waals surface area (Å²) in [5.74, 6) is 0. The Hall–Kier alpha value is -3.49. The maximum Gasteiger partial charge on any atom is 0.416 e. The lowest BCUT2D eigenvalue weighted by Crippen LogP contribution is -2.05. The molecule has 0 fully saturated rings. The standard InChI is InChI=1S/C17H10F3N5O/c18-17(19,20)11-1-3-12(4-2-11)25-16-15(22-7-8-23-16)14(24-25)10-5-6-21-13(26)9-10/h1-9H,(H,21,26). The van der Waals surface area contributed by atoms with Gasteiger partial charge in [-0.15, -0.1) is 0 Å². The van der Waals surface area contributed by atoms with Crippen LogP contribution in [0.25, 0.3) is 28.1 Å². The number of pyridine rings is 1. The zero-order valence-corrected chi connectivity index (χ0v) is 13.0. The van der Waals surface area contributed by atoms with E-state index >= 15 is 0 Å². The number of nitrogens with one attached hydrogen (secondary N) is 1. The zero-order chi connectivity index (χ0) is 18.3. The summed E-state index contributed by atoms with van der Waals surface area (Å²) in [6.07, 6.45) is 0.0156. The number of alkyl halides is 3. The van der Waals surface area contributed by atoms with E-state index in [-0.39, 0.29) is 5.56 Å². The van der Waals surface area contributed by atoms with Crippen molar-refractivity contribution in [3.63, 3.8) is 0 Å². The van der Waals surface area contributed by atoms with E-state index < -0.39 is 11.7 Å². The lowest BCUT2D eigenvalue weighted by atomic mass is 10.2. The van der Waals surface area contributed by atoms with Crippen molar-refractivity contribution in [2.75, 3.05) is 0 Å². The van der Waals surface area contributed by atoms with Crippen LogP contribution in [0, 0.1) is 0 Å². The molecule has 0 amide bonds. The van der Waals surface area contributed by atoms with E-state index in [0.717, 1.165) is 12.1 Å². The molecule has 0 saturated heterocycles. The second-order valence-corrected chi connectivity index (χ2v) is 5.48. The predicted octanol–water partition coefficient (Wildman–Crippen LogP) is 3.19. The topological polar surface area (TPSA) is 76.5 Å². The minimum absolute atomic E-state index is 0.302. The third-order valence-electron chi connectivity index (χ3n) is 3.79. The molecule has 0 aliphatic carbocycles. The summed E-state index contributed by atoms with van der Waals surface area (Å²) in [6.45, 7) is 0. The summed E-state index contributed by atoms with van der Waals surface area (Å²) in [5.41, 5.74) is 1.12. The average Bonchev–Trinajstić information content (AvgIpc) is 3.01. The summed E-state index contributed by atoms with van der Waals surface area (Å²) in [6, 6.07) is 7.61. The van der Waals surface area contributed by atoms with Crippen molar-refractivity contribution in [1.82, 2.24) is 24.7 Å². The summed E-state index contributed by atoms with van der Waals surface area (Å²) in [5, 5.41) is 4.42. The Morgan fingerprint density at radius 1 is 1.00 bits per heavy atom. The molecule has 9 heteroatoms.